The molecule has 1 aromatic carbocycles. The van der Waals surface area contributed by atoms with Gasteiger partial charge in [0.2, 0.25) is 5.91 Å². The van der Waals surface area contributed by atoms with E-state index >= 15 is 0 Å². The summed E-state index contributed by atoms with van der Waals surface area (Å²) < 4.78 is 1.37. The topological polar surface area (TPSA) is 84.0 Å². The fourth-order valence-electron chi connectivity index (χ4n) is 2.17. The molecule has 19 heavy (non-hydrogen) atoms. The largest absolute Gasteiger partial charge is 0.330 e. The van der Waals surface area contributed by atoms with E-state index in [2.05, 4.69) is 10.3 Å². The molecule has 6 heteroatoms. The molecule has 1 aromatic heterocycles. The summed E-state index contributed by atoms with van der Waals surface area (Å²) in [6, 6.07) is 9.36. The Kier molecular flexibility index (Phi) is 2.56. The number of benzene rings is 1. The molecule has 1 amide bonds. The van der Waals surface area contributed by atoms with Gasteiger partial charge in [0.25, 0.3) is 5.56 Å². The van der Waals surface area contributed by atoms with E-state index in [0.29, 0.717) is 17.9 Å². The second-order valence-electron chi connectivity index (χ2n) is 4.38. The predicted molar refractivity (Wildman–Crippen MR) is 69.2 cm³/mol. The van der Waals surface area contributed by atoms with Gasteiger partial charge in [-0.1, -0.05) is 30.3 Å². The van der Waals surface area contributed by atoms with Crippen LogP contribution in [0, 0.1) is 0 Å². The monoisotopic (exact) mass is 257 g/mol. The predicted octanol–water partition coefficient (Wildman–Crippen LogP) is 0.0795. The van der Waals surface area contributed by atoms with E-state index in [1.807, 2.05) is 30.3 Å². The minimum Gasteiger partial charge on any atom is -0.311 e. The fourth-order valence-corrected chi connectivity index (χ4v) is 2.17. The van der Waals surface area contributed by atoms with Crippen LogP contribution in [0.3, 0.4) is 0 Å². The van der Waals surface area contributed by atoms with Gasteiger partial charge in [0, 0.05) is 0 Å². The molecule has 0 atom stereocenters. The van der Waals surface area contributed by atoms with E-state index in [1.54, 1.807) is 0 Å². The highest BCUT2D eigenvalue weighted by Gasteiger charge is 2.25. The summed E-state index contributed by atoms with van der Waals surface area (Å²) >= 11 is 0. The molecule has 0 bridgehead atoms. The third-order valence-electron chi connectivity index (χ3n) is 3.07. The molecule has 2 aromatic rings. The van der Waals surface area contributed by atoms with Crippen LogP contribution in [0.1, 0.15) is 11.1 Å². The zero-order valence-corrected chi connectivity index (χ0v) is 9.97. The van der Waals surface area contributed by atoms with Gasteiger partial charge >= 0.3 is 5.69 Å². The third-order valence-corrected chi connectivity index (χ3v) is 3.07. The van der Waals surface area contributed by atoms with Crippen molar-refractivity contribution in [1.29, 1.82) is 0 Å². The second-order valence-corrected chi connectivity index (χ2v) is 4.38. The molecule has 1 aliphatic heterocycles. The smallest absolute Gasteiger partial charge is 0.311 e. The Morgan fingerprint density at radius 2 is 1.84 bits per heavy atom. The molecule has 0 unspecified atom stereocenters. The number of carbonyl (C=O) groups is 1. The van der Waals surface area contributed by atoms with Crippen LogP contribution in [0.2, 0.25) is 0 Å². The Morgan fingerprint density at radius 1 is 1.11 bits per heavy atom. The molecule has 0 aliphatic carbocycles. The van der Waals surface area contributed by atoms with Crippen LogP contribution in [0.5, 0.6) is 0 Å². The number of hydrogen-bond acceptors (Lipinski definition) is 3. The van der Waals surface area contributed by atoms with E-state index in [4.69, 9.17) is 0 Å². The van der Waals surface area contributed by atoms with Gasteiger partial charge in [-0.2, -0.15) is 0 Å². The number of nitrogens with one attached hydrogen (secondary N) is 2. The van der Waals surface area contributed by atoms with Crippen molar-refractivity contribution in [2.24, 2.45) is 0 Å². The van der Waals surface area contributed by atoms with Gasteiger partial charge in [-0.3, -0.25) is 19.1 Å². The maximum atomic E-state index is 11.9. The number of H-pyrrole nitrogens is 1. The number of aromatic nitrogens is 2. The van der Waals surface area contributed by atoms with Gasteiger partial charge in [0.1, 0.15) is 5.82 Å². The van der Waals surface area contributed by atoms with Crippen molar-refractivity contribution >= 4 is 11.7 Å². The number of amides is 1. The van der Waals surface area contributed by atoms with Gasteiger partial charge in [-0.15, -0.1) is 0 Å². The first-order chi connectivity index (χ1) is 9.15. The lowest BCUT2D eigenvalue weighted by molar-refractivity contribution is -0.115. The maximum Gasteiger partial charge on any atom is 0.330 e. The quantitative estimate of drug-likeness (QED) is 0.799. The summed E-state index contributed by atoms with van der Waals surface area (Å²) in [5.41, 5.74) is 0.220. The molecular weight excluding hydrogens is 246 g/mol. The maximum absolute atomic E-state index is 11.9. The molecule has 96 valence electrons. The number of hydrogen-bond donors (Lipinski definition) is 2. The number of anilines is 1. The van der Waals surface area contributed by atoms with Crippen LogP contribution in [0.25, 0.3) is 0 Å². The molecule has 3 rings (SSSR count). The van der Waals surface area contributed by atoms with Gasteiger partial charge in [0.05, 0.1) is 18.5 Å². The molecule has 6 nitrogen and oxygen atoms in total. The average Bonchev–Trinajstić information content (AvgIpc) is 2.78. The van der Waals surface area contributed by atoms with Crippen molar-refractivity contribution in [1.82, 2.24) is 9.55 Å². The highest BCUT2D eigenvalue weighted by molar-refractivity contribution is 5.97. The molecule has 0 saturated heterocycles. The summed E-state index contributed by atoms with van der Waals surface area (Å²) in [5, 5.41) is 2.57. The van der Waals surface area contributed by atoms with Gasteiger partial charge < -0.3 is 5.32 Å². The number of rotatable bonds is 2. The zero-order chi connectivity index (χ0) is 13.4. The molecule has 0 spiro atoms. The summed E-state index contributed by atoms with van der Waals surface area (Å²) in [5.74, 6) is 0.0375. The lowest BCUT2D eigenvalue weighted by Crippen LogP contribution is -2.32. The molecule has 0 fully saturated rings. The fraction of sp³-hybridized carbons (Fsp3) is 0.154. The van der Waals surface area contributed by atoms with E-state index in [1.165, 1.54) is 4.57 Å². The first-order valence-corrected chi connectivity index (χ1v) is 5.85. The van der Waals surface area contributed by atoms with Crippen LogP contribution in [-0.2, 0) is 17.8 Å². The molecule has 1 aliphatic rings. The van der Waals surface area contributed by atoms with Crippen molar-refractivity contribution in [3.05, 3.63) is 62.3 Å². The summed E-state index contributed by atoms with van der Waals surface area (Å²) in [4.78, 5) is 37.1. The van der Waals surface area contributed by atoms with Crippen LogP contribution in [0.15, 0.2) is 39.9 Å². The van der Waals surface area contributed by atoms with E-state index in [-0.39, 0.29) is 12.3 Å². The molecule has 2 N–H and O–H groups in total. The SMILES string of the molecule is O=C1Cc2c(n(Cc3ccccc3)c(=O)[nH]c2=O)N1. The second kappa shape index (κ2) is 4.24. The van der Waals surface area contributed by atoms with E-state index < -0.39 is 11.2 Å². The summed E-state index contributed by atoms with van der Waals surface area (Å²) in [6.07, 6.45) is 0.0136. The molecule has 0 saturated carbocycles. The van der Waals surface area contributed by atoms with Crippen molar-refractivity contribution in [2.75, 3.05) is 5.32 Å². The zero-order valence-electron chi connectivity index (χ0n) is 9.97. The first kappa shape index (κ1) is 11.5. The lowest BCUT2D eigenvalue weighted by atomic mass is 10.2. The third kappa shape index (κ3) is 1.97. The standard InChI is InChI=1S/C13H11N3O3/c17-10-6-9-11(14-10)16(13(19)15-12(9)18)7-8-4-2-1-3-5-8/h1-5H,6-7H2,(H,14,17)(H,15,18,19). The normalized spacial score (nSPS) is 13.2. The Bertz CT molecular complexity index is 759. The van der Waals surface area contributed by atoms with Gasteiger partial charge in [0.15, 0.2) is 0 Å². The highest BCUT2D eigenvalue weighted by atomic mass is 16.2. The average molecular weight is 257 g/mol. The molecule has 2 heterocycles. The van der Waals surface area contributed by atoms with Crippen LogP contribution in [0.4, 0.5) is 5.82 Å². The van der Waals surface area contributed by atoms with Crippen molar-refractivity contribution < 1.29 is 4.79 Å². The molecule has 0 radical (unpaired) electrons. The number of fused-ring (bicyclic) bond motifs is 1. The van der Waals surface area contributed by atoms with Crippen LogP contribution >= 0.6 is 0 Å². The van der Waals surface area contributed by atoms with E-state index in [0.717, 1.165) is 5.56 Å². The van der Waals surface area contributed by atoms with Crippen LogP contribution < -0.4 is 16.6 Å². The van der Waals surface area contributed by atoms with Crippen LogP contribution in [-0.4, -0.2) is 15.5 Å². The summed E-state index contributed by atoms with van der Waals surface area (Å²) in [6.45, 7) is 0.305. The van der Waals surface area contributed by atoms with Gasteiger partial charge in [-0.25, -0.2) is 4.79 Å². The minimum atomic E-state index is -0.519. The molecular formula is C13H11N3O3. The van der Waals surface area contributed by atoms with Crippen molar-refractivity contribution in [2.45, 2.75) is 13.0 Å². The highest BCUT2D eigenvalue weighted by Crippen LogP contribution is 2.18. The Morgan fingerprint density at radius 3 is 2.58 bits per heavy atom. The first-order valence-electron chi connectivity index (χ1n) is 5.85. The van der Waals surface area contributed by atoms with Crippen molar-refractivity contribution in [3.8, 4) is 0 Å². The van der Waals surface area contributed by atoms with Gasteiger partial charge in [-0.05, 0) is 5.56 Å². The minimum absolute atomic E-state index is 0.0136. The Hall–Kier alpha value is -2.63. The number of carbonyl (C=O) groups excluding carboxylic acids is 1. The Labute approximate surface area is 107 Å². The number of aromatic amines is 1. The Balaban J connectivity index is 2.13. The lowest BCUT2D eigenvalue weighted by Gasteiger charge is -2.10. The number of nitrogens with zero attached hydrogens (tertiary/aromatic N) is 1. The summed E-state index contributed by atoms with van der Waals surface area (Å²) in [7, 11) is 0. The van der Waals surface area contributed by atoms with Crippen molar-refractivity contribution in [3.63, 3.8) is 0 Å². The van der Waals surface area contributed by atoms with E-state index in [9.17, 15) is 14.4 Å².